The van der Waals surface area contributed by atoms with E-state index in [9.17, 15) is 14.4 Å². The molecule has 0 aromatic heterocycles. The molecule has 1 unspecified atom stereocenters. The van der Waals surface area contributed by atoms with E-state index in [0.717, 1.165) is 5.56 Å². The molecule has 4 heteroatoms. The Morgan fingerprint density at radius 1 is 1.18 bits per heavy atom. The van der Waals surface area contributed by atoms with Crippen LogP contribution >= 0.6 is 0 Å². The topological polar surface area (TPSA) is 60.4 Å². The summed E-state index contributed by atoms with van der Waals surface area (Å²) in [4.78, 5) is 33.9. The van der Waals surface area contributed by atoms with Gasteiger partial charge < -0.3 is 4.74 Å². The molecule has 1 aliphatic rings. The third-order valence-corrected chi connectivity index (χ3v) is 2.91. The van der Waals surface area contributed by atoms with Crippen LogP contribution in [0, 0.1) is 0 Å². The van der Waals surface area contributed by atoms with Gasteiger partial charge in [0.25, 0.3) is 6.47 Å². The van der Waals surface area contributed by atoms with Crippen molar-refractivity contribution in [2.45, 2.75) is 25.9 Å². The highest BCUT2D eigenvalue weighted by Crippen LogP contribution is 2.27. The molecule has 0 aliphatic heterocycles. The maximum atomic E-state index is 11.9. The highest BCUT2D eigenvalue weighted by atomic mass is 16.5. The minimum absolute atomic E-state index is 0.135. The van der Waals surface area contributed by atoms with E-state index in [-0.39, 0.29) is 12.4 Å². The standard InChI is InChI=1S/C13H12O4/c1-7(2)8-3-4-9-10(5-8)12(16)13(11(9)15)17-6-14/h3-7,13H,1-2H3. The molecule has 0 heterocycles. The van der Waals surface area contributed by atoms with E-state index in [4.69, 9.17) is 0 Å². The Morgan fingerprint density at radius 2 is 1.82 bits per heavy atom. The first-order chi connectivity index (χ1) is 8.06. The molecule has 0 saturated carbocycles. The van der Waals surface area contributed by atoms with Crippen molar-refractivity contribution < 1.29 is 19.1 Å². The zero-order valence-corrected chi connectivity index (χ0v) is 9.60. The highest BCUT2D eigenvalue weighted by Gasteiger charge is 2.40. The van der Waals surface area contributed by atoms with Crippen molar-refractivity contribution in [2.75, 3.05) is 0 Å². The number of benzene rings is 1. The predicted octanol–water partition coefficient (Wildman–Crippen LogP) is 1.73. The number of hydrogen-bond acceptors (Lipinski definition) is 4. The van der Waals surface area contributed by atoms with Crippen LogP contribution in [0.1, 0.15) is 46.0 Å². The van der Waals surface area contributed by atoms with Crippen LogP contribution in [0.5, 0.6) is 0 Å². The van der Waals surface area contributed by atoms with Crippen LogP contribution in [0.2, 0.25) is 0 Å². The third kappa shape index (κ3) is 1.75. The highest BCUT2D eigenvalue weighted by molar-refractivity contribution is 6.29. The van der Waals surface area contributed by atoms with Crippen LogP contribution in [0.15, 0.2) is 18.2 Å². The number of hydrogen-bond donors (Lipinski definition) is 0. The van der Waals surface area contributed by atoms with Crippen LogP contribution in [0.3, 0.4) is 0 Å². The smallest absolute Gasteiger partial charge is 0.294 e. The van der Waals surface area contributed by atoms with E-state index >= 15 is 0 Å². The van der Waals surface area contributed by atoms with Crippen molar-refractivity contribution in [2.24, 2.45) is 0 Å². The molecule has 0 spiro atoms. The van der Waals surface area contributed by atoms with Crippen molar-refractivity contribution in [3.63, 3.8) is 0 Å². The fourth-order valence-corrected chi connectivity index (χ4v) is 1.92. The van der Waals surface area contributed by atoms with E-state index in [1.54, 1.807) is 12.1 Å². The van der Waals surface area contributed by atoms with Crippen LogP contribution < -0.4 is 0 Å². The average molecular weight is 232 g/mol. The first-order valence-corrected chi connectivity index (χ1v) is 5.37. The zero-order valence-electron chi connectivity index (χ0n) is 9.60. The molecule has 4 nitrogen and oxygen atoms in total. The number of rotatable bonds is 3. The van der Waals surface area contributed by atoms with E-state index in [0.29, 0.717) is 11.1 Å². The fraction of sp³-hybridized carbons (Fsp3) is 0.308. The Balaban J connectivity index is 2.47. The first kappa shape index (κ1) is 11.5. The number of ketones is 2. The maximum absolute atomic E-state index is 11.9. The molecule has 0 saturated heterocycles. The van der Waals surface area contributed by atoms with Gasteiger partial charge in [-0.1, -0.05) is 26.0 Å². The largest absolute Gasteiger partial charge is 0.448 e. The summed E-state index contributed by atoms with van der Waals surface area (Å²) in [7, 11) is 0. The first-order valence-electron chi connectivity index (χ1n) is 5.37. The predicted molar refractivity (Wildman–Crippen MR) is 60.1 cm³/mol. The monoisotopic (exact) mass is 232 g/mol. The van der Waals surface area contributed by atoms with Gasteiger partial charge in [-0.15, -0.1) is 0 Å². The second kappa shape index (κ2) is 4.13. The van der Waals surface area contributed by atoms with Gasteiger partial charge in [0.1, 0.15) is 0 Å². The van der Waals surface area contributed by atoms with Gasteiger partial charge in [0.05, 0.1) is 0 Å². The minimum Gasteiger partial charge on any atom is -0.448 e. The third-order valence-electron chi connectivity index (χ3n) is 2.91. The number of fused-ring (bicyclic) bond motifs is 1. The van der Waals surface area contributed by atoms with Gasteiger partial charge in [-0.2, -0.15) is 0 Å². The number of Topliss-reactive ketones (excluding diaryl/α,β-unsaturated/α-hetero) is 2. The van der Waals surface area contributed by atoms with Crippen molar-refractivity contribution in [3.05, 3.63) is 34.9 Å². The normalized spacial score (nSPS) is 18.4. The van der Waals surface area contributed by atoms with Gasteiger partial charge in [0.15, 0.2) is 0 Å². The molecule has 0 amide bonds. The lowest BCUT2D eigenvalue weighted by molar-refractivity contribution is -0.130. The van der Waals surface area contributed by atoms with Crippen molar-refractivity contribution in [1.29, 1.82) is 0 Å². The Morgan fingerprint density at radius 3 is 2.41 bits per heavy atom. The van der Waals surface area contributed by atoms with E-state index in [1.807, 2.05) is 19.9 Å². The lowest BCUT2D eigenvalue weighted by Gasteiger charge is -2.06. The van der Waals surface area contributed by atoms with Gasteiger partial charge in [0.2, 0.25) is 17.7 Å². The van der Waals surface area contributed by atoms with Crippen molar-refractivity contribution in [1.82, 2.24) is 0 Å². The Hall–Kier alpha value is -1.97. The second-order valence-corrected chi connectivity index (χ2v) is 4.30. The Bertz CT molecular complexity index is 502. The average Bonchev–Trinajstić information content (AvgIpc) is 2.54. The summed E-state index contributed by atoms with van der Waals surface area (Å²) in [6, 6.07) is 5.14. The van der Waals surface area contributed by atoms with Crippen LogP contribution in [0.4, 0.5) is 0 Å². The molecule has 0 fully saturated rings. The molecule has 0 radical (unpaired) electrons. The lowest BCUT2D eigenvalue weighted by Crippen LogP contribution is -2.25. The van der Waals surface area contributed by atoms with Gasteiger partial charge in [-0.25, -0.2) is 0 Å². The van der Waals surface area contributed by atoms with E-state index in [2.05, 4.69) is 4.74 Å². The SMILES string of the molecule is CC(C)c1ccc2c(c1)C(=O)C(OC=O)C2=O. The second-order valence-electron chi connectivity index (χ2n) is 4.30. The lowest BCUT2D eigenvalue weighted by atomic mass is 9.98. The van der Waals surface area contributed by atoms with E-state index in [1.165, 1.54) is 0 Å². The summed E-state index contributed by atoms with van der Waals surface area (Å²) in [6.07, 6.45) is -1.29. The number of ether oxygens (including phenoxy) is 1. The Kier molecular flexibility index (Phi) is 2.79. The van der Waals surface area contributed by atoms with Gasteiger partial charge in [0, 0.05) is 11.1 Å². The van der Waals surface area contributed by atoms with Crippen LogP contribution in [-0.2, 0) is 9.53 Å². The molecule has 2 rings (SSSR count). The molecule has 17 heavy (non-hydrogen) atoms. The summed E-state index contributed by atoms with van der Waals surface area (Å²) < 4.78 is 4.53. The molecule has 88 valence electrons. The summed E-state index contributed by atoms with van der Waals surface area (Å²) in [5.74, 6) is -0.596. The fourth-order valence-electron chi connectivity index (χ4n) is 1.92. The van der Waals surface area contributed by atoms with Gasteiger partial charge >= 0.3 is 0 Å². The Labute approximate surface area is 98.6 Å². The number of carbonyl (C=O) groups is 3. The van der Waals surface area contributed by atoms with E-state index < -0.39 is 17.7 Å². The molecular weight excluding hydrogens is 220 g/mol. The zero-order chi connectivity index (χ0) is 12.6. The molecule has 0 N–H and O–H groups in total. The minimum atomic E-state index is -1.29. The van der Waals surface area contributed by atoms with Gasteiger partial charge in [-0.3, -0.25) is 14.4 Å². The van der Waals surface area contributed by atoms with Crippen molar-refractivity contribution in [3.8, 4) is 0 Å². The summed E-state index contributed by atoms with van der Waals surface area (Å²) >= 11 is 0. The maximum Gasteiger partial charge on any atom is 0.294 e. The van der Waals surface area contributed by atoms with Crippen molar-refractivity contribution >= 4 is 18.0 Å². The molecule has 0 bridgehead atoms. The molecule has 1 aromatic carbocycles. The molecular formula is C13H12O4. The summed E-state index contributed by atoms with van der Waals surface area (Å²) in [6.45, 7) is 4.14. The van der Waals surface area contributed by atoms with Crippen LogP contribution in [-0.4, -0.2) is 24.1 Å². The van der Waals surface area contributed by atoms with Crippen LogP contribution in [0.25, 0.3) is 0 Å². The number of carbonyl (C=O) groups excluding carboxylic acids is 3. The summed E-state index contributed by atoms with van der Waals surface area (Å²) in [5, 5.41) is 0. The quantitative estimate of drug-likeness (QED) is 0.588. The molecule has 1 aliphatic carbocycles. The summed E-state index contributed by atoms with van der Waals surface area (Å²) in [5.41, 5.74) is 1.68. The molecule has 1 atom stereocenters. The van der Waals surface area contributed by atoms with Gasteiger partial charge in [-0.05, 0) is 17.5 Å². The molecule has 1 aromatic rings.